The van der Waals surface area contributed by atoms with Gasteiger partial charge in [-0.3, -0.25) is 14.4 Å². The SMILES string of the molecule is CC(=O)Nc1ccc(NC(=O)[C@H](C)OC(=O)C2CCN(S(=O)(=O)c3ccc(F)cc3)CC2)cc1. The van der Waals surface area contributed by atoms with Crippen LogP contribution >= 0.6 is 0 Å². The number of ether oxygens (including phenoxy) is 1. The number of sulfonamides is 1. The van der Waals surface area contributed by atoms with Gasteiger partial charge in [0.2, 0.25) is 15.9 Å². The van der Waals surface area contributed by atoms with Gasteiger partial charge in [0.05, 0.1) is 10.8 Å². The number of carbonyl (C=O) groups is 3. The quantitative estimate of drug-likeness (QED) is 0.575. The van der Waals surface area contributed by atoms with Crippen molar-refractivity contribution in [3.05, 3.63) is 54.3 Å². The first-order chi connectivity index (χ1) is 16.1. The van der Waals surface area contributed by atoms with Gasteiger partial charge < -0.3 is 15.4 Å². The van der Waals surface area contributed by atoms with Crippen molar-refractivity contribution in [2.24, 2.45) is 5.92 Å². The lowest BCUT2D eigenvalue weighted by Crippen LogP contribution is -2.41. The summed E-state index contributed by atoms with van der Waals surface area (Å²) in [5.74, 6) is -2.36. The zero-order chi connectivity index (χ0) is 24.9. The average Bonchev–Trinajstić information content (AvgIpc) is 2.80. The van der Waals surface area contributed by atoms with Crippen LogP contribution in [-0.2, 0) is 29.1 Å². The fraction of sp³-hybridized carbons (Fsp3) is 0.348. The Balaban J connectivity index is 1.49. The number of nitrogens with zero attached hydrogens (tertiary/aromatic N) is 1. The third kappa shape index (κ3) is 6.39. The average molecular weight is 492 g/mol. The number of amides is 2. The van der Waals surface area contributed by atoms with E-state index in [9.17, 15) is 27.2 Å². The Morgan fingerprint density at radius 2 is 1.50 bits per heavy atom. The summed E-state index contributed by atoms with van der Waals surface area (Å²) in [7, 11) is -3.78. The first-order valence-corrected chi connectivity index (χ1v) is 12.1. The number of halogens is 1. The summed E-state index contributed by atoms with van der Waals surface area (Å²) in [6, 6.07) is 11.0. The highest BCUT2D eigenvalue weighted by Crippen LogP contribution is 2.25. The minimum absolute atomic E-state index is 0.00896. The maximum atomic E-state index is 13.1. The first kappa shape index (κ1) is 25.3. The number of rotatable bonds is 7. The van der Waals surface area contributed by atoms with E-state index >= 15 is 0 Å². The first-order valence-electron chi connectivity index (χ1n) is 10.7. The van der Waals surface area contributed by atoms with E-state index in [2.05, 4.69) is 10.6 Å². The van der Waals surface area contributed by atoms with E-state index in [0.29, 0.717) is 11.4 Å². The molecule has 9 nitrogen and oxygen atoms in total. The lowest BCUT2D eigenvalue weighted by Gasteiger charge is -2.30. The number of anilines is 2. The van der Waals surface area contributed by atoms with E-state index < -0.39 is 39.7 Å². The number of nitrogens with one attached hydrogen (secondary N) is 2. The second kappa shape index (κ2) is 10.7. The molecule has 0 unspecified atom stereocenters. The molecule has 0 aromatic heterocycles. The number of piperidine rings is 1. The van der Waals surface area contributed by atoms with Gasteiger partial charge in [0.25, 0.3) is 5.91 Å². The predicted molar refractivity (Wildman–Crippen MR) is 123 cm³/mol. The monoisotopic (exact) mass is 491 g/mol. The van der Waals surface area contributed by atoms with Gasteiger partial charge >= 0.3 is 5.97 Å². The summed E-state index contributed by atoms with van der Waals surface area (Å²) < 4.78 is 45.1. The van der Waals surface area contributed by atoms with E-state index in [-0.39, 0.29) is 36.7 Å². The molecule has 11 heteroatoms. The molecule has 34 heavy (non-hydrogen) atoms. The van der Waals surface area contributed by atoms with Crippen molar-refractivity contribution in [3.8, 4) is 0 Å². The summed E-state index contributed by atoms with van der Waals surface area (Å²) >= 11 is 0. The molecule has 1 aliphatic heterocycles. The molecule has 1 saturated heterocycles. The van der Waals surface area contributed by atoms with Crippen LogP contribution in [0.3, 0.4) is 0 Å². The van der Waals surface area contributed by atoms with Gasteiger partial charge in [-0.05, 0) is 68.3 Å². The second-order valence-corrected chi connectivity index (χ2v) is 9.90. The topological polar surface area (TPSA) is 122 Å². The van der Waals surface area contributed by atoms with Gasteiger partial charge in [0.15, 0.2) is 6.10 Å². The zero-order valence-corrected chi connectivity index (χ0v) is 19.6. The molecular formula is C23H26FN3O6S. The van der Waals surface area contributed by atoms with Crippen molar-refractivity contribution in [1.29, 1.82) is 0 Å². The normalized spacial score (nSPS) is 15.9. The van der Waals surface area contributed by atoms with Crippen LogP contribution in [0.5, 0.6) is 0 Å². The number of hydrogen-bond acceptors (Lipinski definition) is 6. The van der Waals surface area contributed by atoms with E-state index in [0.717, 1.165) is 12.1 Å². The number of esters is 1. The van der Waals surface area contributed by atoms with Gasteiger partial charge in [-0.2, -0.15) is 4.31 Å². The summed E-state index contributed by atoms with van der Waals surface area (Å²) in [4.78, 5) is 36.0. The Kier molecular flexibility index (Phi) is 8.00. The molecule has 1 aliphatic rings. The van der Waals surface area contributed by atoms with Crippen molar-refractivity contribution < 1.29 is 31.9 Å². The highest BCUT2D eigenvalue weighted by atomic mass is 32.2. The standard InChI is InChI=1S/C23H26FN3O6S/c1-15(22(29)26-20-7-5-19(6-8-20)25-16(2)28)33-23(30)17-11-13-27(14-12-17)34(31,32)21-9-3-18(24)4-10-21/h3-10,15,17H,11-14H2,1-2H3,(H,25,28)(H,26,29)/t15-/m0/s1. The van der Waals surface area contributed by atoms with Gasteiger partial charge in [0.1, 0.15) is 5.82 Å². The van der Waals surface area contributed by atoms with Crippen LogP contribution < -0.4 is 10.6 Å². The highest BCUT2D eigenvalue weighted by Gasteiger charge is 2.34. The molecule has 2 aromatic carbocycles. The van der Waals surface area contributed by atoms with Crippen LogP contribution in [0.15, 0.2) is 53.4 Å². The van der Waals surface area contributed by atoms with Gasteiger partial charge in [-0.15, -0.1) is 0 Å². The van der Waals surface area contributed by atoms with Crippen LogP contribution in [-0.4, -0.2) is 49.7 Å². The molecule has 3 rings (SSSR count). The summed E-state index contributed by atoms with van der Waals surface area (Å²) in [6.45, 7) is 3.06. The zero-order valence-electron chi connectivity index (χ0n) is 18.8. The second-order valence-electron chi connectivity index (χ2n) is 7.96. The van der Waals surface area contributed by atoms with Crippen LogP contribution in [0.2, 0.25) is 0 Å². The van der Waals surface area contributed by atoms with Crippen LogP contribution in [0.25, 0.3) is 0 Å². The minimum atomic E-state index is -3.78. The molecule has 2 aromatic rings. The molecule has 0 saturated carbocycles. The summed E-state index contributed by atoms with van der Waals surface area (Å²) in [5, 5.41) is 5.25. The van der Waals surface area contributed by atoms with E-state index in [4.69, 9.17) is 4.74 Å². The van der Waals surface area contributed by atoms with Crippen LogP contribution in [0.1, 0.15) is 26.7 Å². The van der Waals surface area contributed by atoms with Crippen LogP contribution in [0.4, 0.5) is 15.8 Å². The van der Waals surface area contributed by atoms with E-state index in [1.807, 2.05) is 0 Å². The number of hydrogen-bond donors (Lipinski definition) is 2. The Bertz CT molecular complexity index is 1140. The molecule has 0 radical (unpaired) electrons. The van der Waals surface area contributed by atoms with Gasteiger partial charge in [-0.1, -0.05) is 0 Å². The largest absolute Gasteiger partial charge is 0.452 e. The number of carbonyl (C=O) groups excluding carboxylic acids is 3. The van der Waals surface area contributed by atoms with Crippen molar-refractivity contribution in [3.63, 3.8) is 0 Å². The predicted octanol–water partition coefficient (Wildman–Crippen LogP) is 2.76. The molecule has 1 heterocycles. The van der Waals surface area contributed by atoms with E-state index in [1.54, 1.807) is 24.3 Å². The molecular weight excluding hydrogens is 465 g/mol. The maximum absolute atomic E-state index is 13.1. The number of benzene rings is 2. The van der Waals surface area contributed by atoms with Gasteiger partial charge in [-0.25, -0.2) is 12.8 Å². The van der Waals surface area contributed by atoms with Gasteiger partial charge in [0, 0.05) is 31.4 Å². The molecule has 2 N–H and O–H groups in total. The Morgan fingerprint density at radius 1 is 0.971 bits per heavy atom. The molecule has 0 aliphatic carbocycles. The fourth-order valence-corrected chi connectivity index (χ4v) is 4.97. The lowest BCUT2D eigenvalue weighted by atomic mass is 9.98. The molecule has 0 bridgehead atoms. The Morgan fingerprint density at radius 3 is 2.03 bits per heavy atom. The summed E-state index contributed by atoms with van der Waals surface area (Å²) in [6.07, 6.45) is -0.556. The highest BCUT2D eigenvalue weighted by molar-refractivity contribution is 7.89. The van der Waals surface area contributed by atoms with E-state index in [1.165, 1.54) is 30.3 Å². The lowest BCUT2D eigenvalue weighted by molar-refractivity contribution is -0.158. The molecule has 2 amide bonds. The molecule has 0 spiro atoms. The smallest absolute Gasteiger partial charge is 0.309 e. The maximum Gasteiger partial charge on any atom is 0.309 e. The van der Waals surface area contributed by atoms with Crippen molar-refractivity contribution in [2.75, 3.05) is 23.7 Å². The molecule has 182 valence electrons. The fourth-order valence-electron chi connectivity index (χ4n) is 3.50. The Hall–Kier alpha value is -3.31. The Labute approximate surface area is 197 Å². The van der Waals surface area contributed by atoms with Crippen molar-refractivity contribution in [2.45, 2.75) is 37.7 Å². The minimum Gasteiger partial charge on any atom is -0.452 e. The molecule has 1 fully saturated rings. The van der Waals surface area contributed by atoms with Crippen molar-refractivity contribution >= 4 is 39.2 Å². The third-order valence-electron chi connectivity index (χ3n) is 5.37. The molecule has 1 atom stereocenters. The summed E-state index contributed by atoms with van der Waals surface area (Å²) in [5.41, 5.74) is 1.05. The third-order valence-corrected chi connectivity index (χ3v) is 7.29. The van der Waals surface area contributed by atoms with Crippen LogP contribution in [0, 0.1) is 11.7 Å². The van der Waals surface area contributed by atoms with Crippen molar-refractivity contribution in [1.82, 2.24) is 4.31 Å².